The molecule has 1 rings (SSSR count). The van der Waals surface area contributed by atoms with Gasteiger partial charge in [-0.2, -0.15) is 0 Å². The molecule has 0 aromatic rings. The van der Waals surface area contributed by atoms with Gasteiger partial charge < -0.3 is 4.90 Å². The molecular formula is C9H18N2OS. The van der Waals surface area contributed by atoms with Crippen LogP contribution < -0.4 is 0 Å². The number of nitrogens with zero attached hydrogens (tertiary/aromatic N) is 2. The van der Waals surface area contributed by atoms with E-state index in [0.717, 1.165) is 26.2 Å². The van der Waals surface area contributed by atoms with Crippen LogP contribution in [0.15, 0.2) is 0 Å². The molecule has 3 nitrogen and oxygen atoms in total. The molecule has 0 bridgehead atoms. The molecule has 76 valence electrons. The van der Waals surface area contributed by atoms with Gasteiger partial charge in [0.05, 0.1) is 0 Å². The summed E-state index contributed by atoms with van der Waals surface area (Å²) < 4.78 is 2.35. The summed E-state index contributed by atoms with van der Waals surface area (Å²) in [6, 6.07) is 0. The van der Waals surface area contributed by atoms with E-state index in [2.05, 4.69) is 18.2 Å². The zero-order chi connectivity index (χ0) is 9.84. The molecule has 1 saturated heterocycles. The molecule has 1 aliphatic heterocycles. The van der Waals surface area contributed by atoms with Gasteiger partial charge in [-0.3, -0.25) is 4.79 Å². The number of rotatable bonds is 2. The molecule has 1 aliphatic rings. The highest BCUT2D eigenvalue weighted by molar-refractivity contribution is 7.97. The summed E-state index contributed by atoms with van der Waals surface area (Å²) in [6.07, 6.45) is 0. The van der Waals surface area contributed by atoms with Crippen molar-refractivity contribution in [1.29, 1.82) is 0 Å². The van der Waals surface area contributed by atoms with E-state index < -0.39 is 0 Å². The number of piperazine rings is 1. The average molecular weight is 202 g/mol. The summed E-state index contributed by atoms with van der Waals surface area (Å²) in [6.45, 7) is 9.81. The Morgan fingerprint density at radius 3 is 2.15 bits per heavy atom. The van der Waals surface area contributed by atoms with E-state index >= 15 is 0 Å². The third-order valence-corrected chi connectivity index (χ3v) is 3.13. The van der Waals surface area contributed by atoms with Crippen LogP contribution in [0.1, 0.15) is 20.8 Å². The quantitative estimate of drug-likeness (QED) is 0.629. The Kier molecular flexibility index (Phi) is 4.06. The van der Waals surface area contributed by atoms with Crippen molar-refractivity contribution < 1.29 is 4.79 Å². The van der Waals surface area contributed by atoms with Crippen molar-refractivity contribution in [1.82, 2.24) is 9.21 Å². The molecule has 0 aliphatic carbocycles. The second kappa shape index (κ2) is 4.86. The van der Waals surface area contributed by atoms with Crippen LogP contribution >= 0.6 is 11.9 Å². The summed E-state index contributed by atoms with van der Waals surface area (Å²) in [7, 11) is 0. The minimum Gasteiger partial charge on any atom is -0.340 e. The third-order valence-electron chi connectivity index (χ3n) is 2.04. The normalized spacial score (nSPS) is 19.5. The predicted molar refractivity (Wildman–Crippen MR) is 56.6 cm³/mol. The molecule has 1 amide bonds. The minimum absolute atomic E-state index is 0.203. The Labute approximate surface area is 84.6 Å². The monoisotopic (exact) mass is 202 g/mol. The van der Waals surface area contributed by atoms with Crippen LogP contribution in [0.5, 0.6) is 0 Å². The van der Waals surface area contributed by atoms with Crippen LogP contribution in [0.3, 0.4) is 0 Å². The lowest BCUT2D eigenvalue weighted by atomic mass is 10.3. The molecule has 1 fully saturated rings. The van der Waals surface area contributed by atoms with E-state index in [1.165, 1.54) is 0 Å². The van der Waals surface area contributed by atoms with Crippen molar-refractivity contribution >= 4 is 17.9 Å². The van der Waals surface area contributed by atoms with Gasteiger partial charge in [-0.15, -0.1) is 0 Å². The van der Waals surface area contributed by atoms with Crippen LogP contribution in [0.25, 0.3) is 0 Å². The summed E-state index contributed by atoms with van der Waals surface area (Å²) in [5.74, 6) is 0.203. The van der Waals surface area contributed by atoms with Crippen molar-refractivity contribution in [3.05, 3.63) is 0 Å². The Bertz CT molecular complexity index is 176. The first-order chi connectivity index (χ1) is 6.09. The summed E-state index contributed by atoms with van der Waals surface area (Å²) in [4.78, 5) is 12.9. The van der Waals surface area contributed by atoms with Gasteiger partial charge in [-0.1, -0.05) is 25.8 Å². The van der Waals surface area contributed by atoms with Gasteiger partial charge in [0.15, 0.2) is 0 Å². The molecule has 0 saturated carbocycles. The van der Waals surface area contributed by atoms with Gasteiger partial charge in [0, 0.05) is 38.4 Å². The fourth-order valence-corrected chi connectivity index (χ4v) is 2.38. The maximum absolute atomic E-state index is 11.0. The van der Waals surface area contributed by atoms with Crippen molar-refractivity contribution in [2.24, 2.45) is 0 Å². The van der Waals surface area contributed by atoms with Crippen LogP contribution in [0.4, 0.5) is 0 Å². The molecule has 0 aromatic carbocycles. The Morgan fingerprint density at radius 1 is 1.23 bits per heavy atom. The topological polar surface area (TPSA) is 23.6 Å². The van der Waals surface area contributed by atoms with Gasteiger partial charge in [0.1, 0.15) is 0 Å². The van der Waals surface area contributed by atoms with Crippen molar-refractivity contribution in [2.45, 2.75) is 26.0 Å². The van der Waals surface area contributed by atoms with E-state index in [0.29, 0.717) is 5.25 Å². The molecule has 0 radical (unpaired) electrons. The fraction of sp³-hybridized carbons (Fsp3) is 0.889. The zero-order valence-corrected chi connectivity index (χ0v) is 9.43. The van der Waals surface area contributed by atoms with Crippen LogP contribution in [0, 0.1) is 0 Å². The molecule has 0 aromatic heterocycles. The SMILES string of the molecule is CC(=O)N1CCN(SC(C)C)CC1. The van der Waals surface area contributed by atoms with Crippen molar-refractivity contribution in [3.63, 3.8) is 0 Å². The molecule has 0 atom stereocenters. The van der Waals surface area contributed by atoms with Crippen molar-refractivity contribution in [2.75, 3.05) is 26.2 Å². The minimum atomic E-state index is 0.203. The lowest BCUT2D eigenvalue weighted by Gasteiger charge is -2.34. The molecule has 4 heteroatoms. The molecule has 0 N–H and O–H groups in total. The molecule has 13 heavy (non-hydrogen) atoms. The molecule has 0 unspecified atom stereocenters. The maximum atomic E-state index is 11.0. The highest BCUT2D eigenvalue weighted by Gasteiger charge is 2.19. The number of hydrogen-bond donors (Lipinski definition) is 0. The predicted octanol–water partition coefficient (Wildman–Crippen LogP) is 1.21. The second-order valence-electron chi connectivity index (χ2n) is 3.59. The lowest BCUT2D eigenvalue weighted by Crippen LogP contribution is -2.45. The van der Waals surface area contributed by atoms with Crippen LogP contribution in [-0.4, -0.2) is 46.5 Å². The lowest BCUT2D eigenvalue weighted by molar-refractivity contribution is -0.129. The van der Waals surface area contributed by atoms with Gasteiger partial charge in [0.25, 0.3) is 0 Å². The van der Waals surface area contributed by atoms with E-state index in [-0.39, 0.29) is 5.91 Å². The van der Waals surface area contributed by atoms with E-state index in [9.17, 15) is 4.79 Å². The Morgan fingerprint density at radius 2 is 1.77 bits per heavy atom. The molecular weight excluding hydrogens is 184 g/mol. The van der Waals surface area contributed by atoms with E-state index in [1.807, 2.05) is 16.8 Å². The van der Waals surface area contributed by atoms with Gasteiger partial charge in [-0.25, -0.2) is 4.31 Å². The Hall–Kier alpha value is -0.220. The van der Waals surface area contributed by atoms with E-state index in [4.69, 9.17) is 0 Å². The van der Waals surface area contributed by atoms with Crippen LogP contribution in [0.2, 0.25) is 0 Å². The summed E-state index contributed by atoms with van der Waals surface area (Å²) in [5, 5.41) is 0.642. The number of carbonyl (C=O) groups is 1. The standard InChI is InChI=1S/C9H18N2OS/c1-8(2)13-11-6-4-10(5-7-11)9(3)12/h8H,4-7H2,1-3H3. The van der Waals surface area contributed by atoms with Gasteiger partial charge in [0.2, 0.25) is 5.91 Å². The summed E-state index contributed by atoms with van der Waals surface area (Å²) >= 11 is 1.88. The number of carbonyl (C=O) groups excluding carboxylic acids is 1. The Balaban J connectivity index is 2.26. The number of hydrogen-bond acceptors (Lipinski definition) is 3. The summed E-state index contributed by atoms with van der Waals surface area (Å²) in [5.41, 5.74) is 0. The first-order valence-electron chi connectivity index (χ1n) is 4.77. The van der Waals surface area contributed by atoms with E-state index in [1.54, 1.807) is 6.92 Å². The first-order valence-corrected chi connectivity index (χ1v) is 5.60. The first kappa shape index (κ1) is 10.9. The second-order valence-corrected chi connectivity index (χ2v) is 5.26. The molecule has 0 spiro atoms. The zero-order valence-electron chi connectivity index (χ0n) is 8.62. The van der Waals surface area contributed by atoms with Crippen molar-refractivity contribution in [3.8, 4) is 0 Å². The average Bonchev–Trinajstić information content (AvgIpc) is 2.04. The van der Waals surface area contributed by atoms with Gasteiger partial charge >= 0.3 is 0 Å². The third kappa shape index (κ3) is 3.56. The highest BCUT2D eigenvalue weighted by Crippen LogP contribution is 2.18. The molecule has 1 heterocycles. The van der Waals surface area contributed by atoms with Crippen LogP contribution in [-0.2, 0) is 4.79 Å². The van der Waals surface area contributed by atoms with Gasteiger partial charge in [-0.05, 0) is 0 Å². The number of amides is 1. The maximum Gasteiger partial charge on any atom is 0.219 e. The fourth-order valence-electron chi connectivity index (χ4n) is 1.41. The largest absolute Gasteiger partial charge is 0.340 e. The smallest absolute Gasteiger partial charge is 0.219 e. The highest BCUT2D eigenvalue weighted by atomic mass is 32.2.